The summed E-state index contributed by atoms with van der Waals surface area (Å²) in [6.45, 7) is 7.61. The smallest absolute Gasteiger partial charge is 0.0266 e. The average Bonchev–Trinajstić information content (AvgIpc) is 2.45. The van der Waals surface area contributed by atoms with Gasteiger partial charge in [0.2, 0.25) is 0 Å². The molecule has 0 atom stereocenters. The zero-order chi connectivity index (χ0) is 15.2. The molecule has 0 heterocycles. The summed E-state index contributed by atoms with van der Waals surface area (Å²) in [6, 6.07) is 12.6. The van der Waals surface area contributed by atoms with Gasteiger partial charge in [-0.15, -0.1) is 0 Å². The molecule has 2 aromatic carbocycles. The van der Waals surface area contributed by atoms with Gasteiger partial charge in [-0.3, -0.25) is 0 Å². The van der Waals surface area contributed by atoms with Gasteiger partial charge in [-0.25, -0.2) is 0 Å². The summed E-state index contributed by atoms with van der Waals surface area (Å²) < 4.78 is 2.15. The highest BCUT2D eigenvalue weighted by Gasteiger charge is 2.09. The molecule has 0 spiro atoms. The molecule has 2 aromatic rings. The third-order valence-electron chi connectivity index (χ3n) is 2.45. The topological polar surface area (TPSA) is 0 Å². The van der Waals surface area contributed by atoms with Crippen LogP contribution in [0.4, 0.5) is 0 Å². The van der Waals surface area contributed by atoms with Crippen LogP contribution in [0.2, 0.25) is 0 Å². The molecule has 0 unspecified atom stereocenters. The Bertz CT molecular complexity index is 611. The van der Waals surface area contributed by atoms with E-state index in [1.54, 1.807) is 35.3 Å². The van der Waals surface area contributed by atoms with E-state index >= 15 is 0 Å². The lowest BCUT2D eigenvalue weighted by Crippen LogP contribution is -1.82. The minimum Gasteiger partial charge on any atom is -0.0975 e. The molecule has 0 nitrogen and oxygen atoms in total. The fourth-order valence-corrected chi connectivity index (χ4v) is 5.12. The van der Waals surface area contributed by atoms with Crippen LogP contribution in [0.1, 0.15) is 0 Å². The van der Waals surface area contributed by atoms with Gasteiger partial charge in [-0.1, -0.05) is 80.3 Å². The highest BCUT2D eigenvalue weighted by Crippen LogP contribution is 2.42. The summed E-state index contributed by atoms with van der Waals surface area (Å²) in [5.41, 5.74) is 0. The fourth-order valence-electron chi connectivity index (χ4n) is 1.61. The summed E-state index contributed by atoms with van der Waals surface area (Å²) in [5, 5.41) is 3.71. The predicted molar refractivity (Wildman–Crippen MR) is 105 cm³/mol. The number of benzene rings is 2. The minimum absolute atomic E-state index is 1.08. The van der Waals surface area contributed by atoms with Crippen LogP contribution < -0.4 is 0 Å². The van der Waals surface area contributed by atoms with Crippen molar-refractivity contribution in [2.75, 3.05) is 0 Å². The van der Waals surface area contributed by atoms with Gasteiger partial charge in [0.25, 0.3) is 0 Å². The first-order valence-electron chi connectivity index (χ1n) is 5.96. The second-order valence-electron chi connectivity index (χ2n) is 3.85. The number of hydrogen-bond acceptors (Lipinski definition) is 3. The van der Waals surface area contributed by atoms with Crippen LogP contribution in [0.25, 0.3) is 0 Å². The van der Waals surface area contributed by atoms with Crippen molar-refractivity contribution in [2.45, 2.75) is 19.6 Å². The van der Waals surface area contributed by atoms with Crippen LogP contribution in [0, 0.1) is 0 Å². The van der Waals surface area contributed by atoms with E-state index < -0.39 is 0 Å². The molecule has 0 saturated heterocycles. The zero-order valence-electron chi connectivity index (χ0n) is 11.0. The predicted octanol–water partition coefficient (Wildman–Crippen LogP) is 7.83. The Balaban J connectivity index is 2.37. The van der Waals surface area contributed by atoms with E-state index in [2.05, 4.69) is 81.4 Å². The summed E-state index contributed by atoms with van der Waals surface area (Å²) in [4.78, 5) is 4.83. The summed E-state index contributed by atoms with van der Waals surface area (Å²) >= 11 is 12.1. The van der Waals surface area contributed by atoms with Crippen molar-refractivity contribution in [3.8, 4) is 0 Å². The highest BCUT2D eigenvalue weighted by atomic mass is 79.9. The molecule has 0 saturated carbocycles. The molecular weight excluding hydrogens is 448 g/mol. The molecule has 0 radical (unpaired) electrons. The number of hydrogen-bond donors (Lipinski definition) is 0. The van der Waals surface area contributed by atoms with Crippen LogP contribution in [0.5, 0.6) is 0 Å². The average molecular weight is 460 g/mol. The Kier molecular flexibility index (Phi) is 7.02. The van der Waals surface area contributed by atoms with Crippen LogP contribution in [-0.2, 0) is 0 Å². The molecule has 0 fully saturated rings. The lowest BCUT2D eigenvalue weighted by atomic mass is 10.4. The van der Waals surface area contributed by atoms with Crippen molar-refractivity contribution >= 4 is 67.1 Å². The Hall–Kier alpha value is -0.0700. The minimum atomic E-state index is 1.08. The van der Waals surface area contributed by atoms with Crippen molar-refractivity contribution in [3.05, 3.63) is 69.3 Å². The molecule has 0 N–H and O–H groups in total. The van der Waals surface area contributed by atoms with Gasteiger partial charge < -0.3 is 0 Å². The lowest BCUT2D eigenvalue weighted by molar-refractivity contribution is 1.20. The molecule has 108 valence electrons. The molecule has 5 heteroatoms. The van der Waals surface area contributed by atoms with Crippen molar-refractivity contribution in [3.63, 3.8) is 0 Å². The van der Waals surface area contributed by atoms with E-state index in [0.717, 1.165) is 8.95 Å². The van der Waals surface area contributed by atoms with E-state index in [-0.39, 0.29) is 0 Å². The SMILES string of the molecule is C=CSc1cc(Br)ccc1Sc1ccc(Br)cc1SC=C. The standard InChI is InChI=1S/C16H12Br2S3/c1-3-19-15-9-11(17)5-7-13(15)21-14-8-6-12(18)10-16(14)20-4-2/h3-10H,1-2H2. The molecule has 0 aliphatic rings. The van der Waals surface area contributed by atoms with E-state index in [4.69, 9.17) is 0 Å². The van der Waals surface area contributed by atoms with E-state index in [1.807, 2.05) is 10.8 Å². The maximum absolute atomic E-state index is 3.81. The lowest BCUT2D eigenvalue weighted by Gasteiger charge is -2.11. The maximum atomic E-state index is 3.81. The van der Waals surface area contributed by atoms with Gasteiger partial charge in [-0.05, 0) is 47.2 Å². The van der Waals surface area contributed by atoms with Crippen LogP contribution in [0.15, 0.2) is 88.9 Å². The largest absolute Gasteiger partial charge is 0.0975 e. The van der Waals surface area contributed by atoms with Gasteiger partial charge >= 0.3 is 0 Å². The van der Waals surface area contributed by atoms with E-state index in [9.17, 15) is 0 Å². The second-order valence-corrected chi connectivity index (χ2v) is 8.79. The molecule has 0 bridgehead atoms. The Morgan fingerprint density at radius 3 is 1.52 bits per heavy atom. The van der Waals surface area contributed by atoms with Crippen LogP contribution in [0.3, 0.4) is 0 Å². The molecule has 2 rings (SSSR count). The number of halogens is 2. The molecule has 0 aliphatic carbocycles. The maximum Gasteiger partial charge on any atom is 0.0266 e. The van der Waals surface area contributed by atoms with Crippen molar-refractivity contribution in [1.82, 2.24) is 0 Å². The zero-order valence-corrected chi connectivity index (χ0v) is 16.6. The molecular formula is C16H12Br2S3. The Labute approximate surface area is 155 Å². The van der Waals surface area contributed by atoms with E-state index in [1.165, 1.54) is 19.6 Å². The summed E-state index contributed by atoms with van der Waals surface area (Å²) in [7, 11) is 0. The van der Waals surface area contributed by atoms with Gasteiger partial charge in [0.15, 0.2) is 0 Å². The van der Waals surface area contributed by atoms with Crippen LogP contribution in [-0.4, -0.2) is 0 Å². The van der Waals surface area contributed by atoms with Gasteiger partial charge in [0, 0.05) is 28.5 Å². The third-order valence-corrected chi connectivity index (χ3v) is 6.37. The Morgan fingerprint density at radius 1 is 0.714 bits per heavy atom. The monoisotopic (exact) mass is 458 g/mol. The summed E-state index contributed by atoms with van der Waals surface area (Å²) in [5.74, 6) is 0. The van der Waals surface area contributed by atoms with Gasteiger partial charge in [0.05, 0.1) is 0 Å². The Morgan fingerprint density at radius 2 is 1.14 bits per heavy atom. The highest BCUT2D eigenvalue weighted by molar-refractivity contribution is 9.10. The van der Waals surface area contributed by atoms with Crippen molar-refractivity contribution in [1.29, 1.82) is 0 Å². The first-order valence-corrected chi connectivity index (χ1v) is 10.1. The van der Waals surface area contributed by atoms with Gasteiger partial charge in [-0.2, -0.15) is 0 Å². The molecule has 0 aliphatic heterocycles. The molecule has 21 heavy (non-hydrogen) atoms. The van der Waals surface area contributed by atoms with Crippen molar-refractivity contribution in [2.24, 2.45) is 0 Å². The second kappa shape index (κ2) is 8.53. The normalized spacial score (nSPS) is 10.4. The number of rotatable bonds is 6. The number of thioether (sulfide) groups is 2. The first-order chi connectivity index (χ1) is 10.1. The van der Waals surface area contributed by atoms with Crippen molar-refractivity contribution < 1.29 is 0 Å². The molecule has 0 amide bonds. The first kappa shape index (κ1) is 17.3. The molecule has 0 aromatic heterocycles. The van der Waals surface area contributed by atoms with Gasteiger partial charge in [0.1, 0.15) is 0 Å². The van der Waals surface area contributed by atoms with E-state index in [0.29, 0.717) is 0 Å². The quantitative estimate of drug-likeness (QED) is 0.403. The third kappa shape index (κ3) is 4.96. The van der Waals surface area contributed by atoms with Crippen LogP contribution >= 0.6 is 67.1 Å². The summed E-state index contributed by atoms with van der Waals surface area (Å²) in [6.07, 6.45) is 0. The fraction of sp³-hybridized carbons (Fsp3) is 0.